The van der Waals surface area contributed by atoms with Crippen molar-refractivity contribution in [2.24, 2.45) is 0 Å². The number of aromatic nitrogens is 1. The normalized spacial score (nSPS) is 17.7. The number of benzene rings is 1. The van der Waals surface area contributed by atoms with Gasteiger partial charge in [-0.2, -0.15) is 0 Å². The van der Waals surface area contributed by atoms with E-state index in [1.807, 2.05) is 18.2 Å². The molecule has 4 amide bonds. The third-order valence-corrected chi connectivity index (χ3v) is 5.55. The molecule has 8 nitrogen and oxygen atoms in total. The molecule has 0 spiro atoms. The van der Waals surface area contributed by atoms with E-state index in [0.29, 0.717) is 29.8 Å². The first-order chi connectivity index (χ1) is 16.0. The van der Waals surface area contributed by atoms with Gasteiger partial charge in [-0.15, -0.1) is 6.58 Å². The summed E-state index contributed by atoms with van der Waals surface area (Å²) in [5, 5.41) is 5.58. The fourth-order valence-corrected chi connectivity index (χ4v) is 4.04. The van der Waals surface area contributed by atoms with Crippen LogP contribution in [0.5, 0.6) is 0 Å². The SMILES string of the molecule is C=CCN1C(=O)NC(c2cccc(F)c2)C2=C1CN(CC(=O)NCCc1ccccn1)C2=O. The smallest absolute Gasteiger partial charge is 0.322 e. The van der Waals surface area contributed by atoms with Gasteiger partial charge in [0, 0.05) is 31.4 Å². The second-order valence-corrected chi connectivity index (χ2v) is 7.78. The molecule has 1 aromatic carbocycles. The van der Waals surface area contributed by atoms with Gasteiger partial charge in [0.15, 0.2) is 0 Å². The number of nitrogens with one attached hydrogen (secondary N) is 2. The highest BCUT2D eigenvalue weighted by Gasteiger charge is 2.44. The number of urea groups is 1. The quantitative estimate of drug-likeness (QED) is 0.602. The van der Waals surface area contributed by atoms with E-state index in [9.17, 15) is 18.8 Å². The van der Waals surface area contributed by atoms with Crippen LogP contribution in [0.1, 0.15) is 17.3 Å². The van der Waals surface area contributed by atoms with E-state index in [0.717, 1.165) is 5.69 Å². The van der Waals surface area contributed by atoms with Gasteiger partial charge in [0.05, 0.1) is 23.9 Å². The van der Waals surface area contributed by atoms with Gasteiger partial charge in [-0.05, 0) is 29.8 Å². The summed E-state index contributed by atoms with van der Waals surface area (Å²) < 4.78 is 13.8. The molecule has 2 aliphatic heterocycles. The third-order valence-electron chi connectivity index (χ3n) is 5.55. The Kier molecular flexibility index (Phi) is 6.48. The Bertz CT molecular complexity index is 1120. The number of halogens is 1. The van der Waals surface area contributed by atoms with E-state index in [-0.39, 0.29) is 31.4 Å². The van der Waals surface area contributed by atoms with Crippen molar-refractivity contribution < 1.29 is 18.8 Å². The molecule has 170 valence electrons. The highest BCUT2D eigenvalue weighted by molar-refractivity contribution is 6.03. The summed E-state index contributed by atoms with van der Waals surface area (Å²) >= 11 is 0. The molecule has 1 aromatic heterocycles. The van der Waals surface area contributed by atoms with E-state index >= 15 is 0 Å². The number of amides is 4. The minimum Gasteiger partial charge on any atom is -0.354 e. The second kappa shape index (κ2) is 9.64. The summed E-state index contributed by atoms with van der Waals surface area (Å²) in [7, 11) is 0. The first-order valence-corrected chi connectivity index (χ1v) is 10.6. The van der Waals surface area contributed by atoms with Gasteiger partial charge >= 0.3 is 6.03 Å². The monoisotopic (exact) mass is 449 g/mol. The van der Waals surface area contributed by atoms with Crippen LogP contribution >= 0.6 is 0 Å². The lowest BCUT2D eigenvalue weighted by molar-refractivity contribution is -0.131. The Labute approximate surface area is 190 Å². The van der Waals surface area contributed by atoms with Gasteiger partial charge in [0.1, 0.15) is 12.4 Å². The number of carbonyl (C=O) groups excluding carboxylic acids is 3. The van der Waals surface area contributed by atoms with Crippen molar-refractivity contribution >= 4 is 17.8 Å². The Morgan fingerprint density at radius 1 is 1.27 bits per heavy atom. The number of carbonyl (C=O) groups is 3. The number of nitrogens with zero attached hydrogens (tertiary/aromatic N) is 3. The summed E-state index contributed by atoms with van der Waals surface area (Å²) in [6.07, 6.45) is 3.82. The van der Waals surface area contributed by atoms with Crippen LogP contribution in [0.4, 0.5) is 9.18 Å². The van der Waals surface area contributed by atoms with Gasteiger partial charge in [-0.1, -0.05) is 24.3 Å². The zero-order valence-corrected chi connectivity index (χ0v) is 18.0. The molecule has 33 heavy (non-hydrogen) atoms. The average molecular weight is 449 g/mol. The minimum atomic E-state index is -0.797. The van der Waals surface area contributed by atoms with Gasteiger partial charge in [-0.3, -0.25) is 19.5 Å². The highest BCUT2D eigenvalue weighted by atomic mass is 19.1. The van der Waals surface area contributed by atoms with Crippen molar-refractivity contribution in [2.75, 3.05) is 26.2 Å². The van der Waals surface area contributed by atoms with Crippen molar-refractivity contribution in [3.8, 4) is 0 Å². The number of pyridine rings is 1. The molecule has 0 saturated carbocycles. The zero-order chi connectivity index (χ0) is 23.4. The third kappa shape index (κ3) is 4.77. The van der Waals surface area contributed by atoms with Crippen LogP contribution in [-0.4, -0.2) is 58.8 Å². The Morgan fingerprint density at radius 2 is 2.12 bits per heavy atom. The average Bonchev–Trinajstić information content (AvgIpc) is 3.12. The van der Waals surface area contributed by atoms with Crippen LogP contribution in [0.15, 0.2) is 72.6 Å². The molecule has 0 radical (unpaired) electrons. The van der Waals surface area contributed by atoms with Gasteiger partial charge in [-0.25, -0.2) is 9.18 Å². The van der Waals surface area contributed by atoms with Gasteiger partial charge < -0.3 is 15.5 Å². The van der Waals surface area contributed by atoms with Crippen molar-refractivity contribution in [1.82, 2.24) is 25.4 Å². The summed E-state index contributed by atoms with van der Waals surface area (Å²) in [6, 6.07) is 10.1. The molecule has 0 fully saturated rings. The Hall–Kier alpha value is -4.01. The van der Waals surface area contributed by atoms with Gasteiger partial charge in [0.25, 0.3) is 5.91 Å². The van der Waals surface area contributed by atoms with Crippen molar-refractivity contribution in [3.05, 3.63) is 89.7 Å². The van der Waals surface area contributed by atoms with Crippen LogP contribution in [0.3, 0.4) is 0 Å². The maximum atomic E-state index is 13.8. The van der Waals surface area contributed by atoms with Crippen molar-refractivity contribution in [1.29, 1.82) is 0 Å². The number of hydrogen-bond donors (Lipinski definition) is 2. The molecule has 2 aliphatic rings. The molecule has 0 bridgehead atoms. The Morgan fingerprint density at radius 3 is 2.85 bits per heavy atom. The predicted octanol–water partition coefficient (Wildman–Crippen LogP) is 1.93. The van der Waals surface area contributed by atoms with Crippen molar-refractivity contribution in [3.63, 3.8) is 0 Å². The van der Waals surface area contributed by atoms with Crippen LogP contribution in [0.25, 0.3) is 0 Å². The lowest BCUT2D eigenvalue weighted by atomic mass is 9.95. The fraction of sp³-hybridized carbons (Fsp3) is 0.250. The van der Waals surface area contributed by atoms with Crippen LogP contribution in [0, 0.1) is 5.82 Å². The summed E-state index contributed by atoms with van der Waals surface area (Å²) in [5.41, 5.74) is 2.15. The lowest BCUT2D eigenvalue weighted by Gasteiger charge is -2.33. The summed E-state index contributed by atoms with van der Waals surface area (Å²) in [6.45, 7) is 4.22. The van der Waals surface area contributed by atoms with E-state index < -0.39 is 17.9 Å². The zero-order valence-electron chi connectivity index (χ0n) is 18.0. The predicted molar refractivity (Wildman–Crippen MR) is 119 cm³/mol. The molecular weight excluding hydrogens is 425 g/mol. The van der Waals surface area contributed by atoms with E-state index in [1.54, 1.807) is 18.3 Å². The van der Waals surface area contributed by atoms with E-state index in [4.69, 9.17) is 0 Å². The fourth-order valence-electron chi connectivity index (χ4n) is 4.04. The lowest BCUT2D eigenvalue weighted by Crippen LogP contribution is -2.47. The maximum absolute atomic E-state index is 13.8. The van der Waals surface area contributed by atoms with Gasteiger partial charge in [0.2, 0.25) is 5.91 Å². The molecule has 1 atom stereocenters. The molecule has 0 saturated heterocycles. The van der Waals surface area contributed by atoms with Crippen LogP contribution in [-0.2, 0) is 16.0 Å². The Balaban J connectivity index is 1.48. The first kappa shape index (κ1) is 22.2. The number of rotatable bonds is 8. The highest BCUT2D eigenvalue weighted by Crippen LogP contribution is 2.36. The summed E-state index contributed by atoms with van der Waals surface area (Å²) in [5.74, 6) is -1.14. The van der Waals surface area contributed by atoms with Crippen LogP contribution < -0.4 is 10.6 Å². The van der Waals surface area contributed by atoms with Crippen LogP contribution in [0.2, 0.25) is 0 Å². The molecule has 2 aromatic rings. The van der Waals surface area contributed by atoms with Crippen molar-refractivity contribution in [2.45, 2.75) is 12.5 Å². The molecule has 9 heteroatoms. The molecule has 1 unspecified atom stereocenters. The maximum Gasteiger partial charge on any atom is 0.322 e. The van der Waals surface area contributed by atoms with E-state index in [2.05, 4.69) is 22.2 Å². The second-order valence-electron chi connectivity index (χ2n) is 7.78. The topological polar surface area (TPSA) is 94.6 Å². The molecular formula is C24H24FN5O3. The largest absolute Gasteiger partial charge is 0.354 e. The minimum absolute atomic E-state index is 0.106. The van der Waals surface area contributed by atoms with E-state index in [1.165, 1.54) is 28.0 Å². The molecule has 0 aliphatic carbocycles. The first-order valence-electron chi connectivity index (χ1n) is 10.6. The summed E-state index contributed by atoms with van der Waals surface area (Å²) in [4.78, 5) is 45.5. The molecule has 2 N–H and O–H groups in total. The number of hydrogen-bond acceptors (Lipinski definition) is 4. The standard InChI is InChI=1S/C24H24FN5O3/c1-2-12-30-19-14-29(15-20(31)27-11-9-18-8-3-4-10-26-18)23(32)21(19)22(28-24(30)33)16-6-5-7-17(25)13-16/h2-8,10,13,22H,1,9,11-12,14-15H2,(H,27,31)(H,28,33). The molecule has 3 heterocycles. The molecule has 4 rings (SSSR count).